The molecular weight excluding hydrogens is 321 g/mol. The normalized spacial score (nSPS) is 10.2. The number of nitrogens with zero attached hydrogens (tertiary/aromatic N) is 3. The molecule has 0 saturated carbocycles. The van der Waals surface area contributed by atoms with Crippen LogP contribution < -0.4 is 0 Å². The number of hydrogen-bond acceptors (Lipinski definition) is 5. The molecule has 0 aliphatic rings. The number of rotatable bonds is 5. The Labute approximate surface area is 135 Å². The number of carbonyl (C=O) groups excluding carboxylic acids is 1. The Morgan fingerprint density at radius 1 is 1.08 bits per heavy atom. The van der Waals surface area contributed by atoms with Crippen molar-refractivity contribution >= 4 is 17.3 Å². The average molecular weight is 333 g/mol. The van der Waals surface area contributed by atoms with Crippen molar-refractivity contribution in [1.82, 2.24) is 4.90 Å². The van der Waals surface area contributed by atoms with Crippen LogP contribution in [0.5, 0.6) is 0 Å². The summed E-state index contributed by atoms with van der Waals surface area (Å²) in [5.41, 5.74) is -1.08. The van der Waals surface area contributed by atoms with E-state index in [0.717, 1.165) is 23.1 Å². The number of carbonyl (C=O) groups is 1. The first-order valence-corrected chi connectivity index (χ1v) is 6.72. The summed E-state index contributed by atoms with van der Waals surface area (Å²) in [7, 11) is 1.37. The van der Waals surface area contributed by atoms with Crippen molar-refractivity contribution in [3.63, 3.8) is 0 Å². The summed E-state index contributed by atoms with van der Waals surface area (Å²) in [6.07, 6.45) is 0. The van der Waals surface area contributed by atoms with Crippen LogP contribution in [0, 0.1) is 26.0 Å². The fourth-order valence-electron chi connectivity index (χ4n) is 2.10. The van der Waals surface area contributed by atoms with Crippen molar-refractivity contribution in [2.75, 3.05) is 7.05 Å². The molecule has 2 aromatic carbocycles. The lowest BCUT2D eigenvalue weighted by Crippen LogP contribution is -2.26. The lowest BCUT2D eigenvalue weighted by molar-refractivity contribution is -0.394. The molecule has 2 rings (SSSR count). The van der Waals surface area contributed by atoms with Crippen LogP contribution in [-0.4, -0.2) is 27.7 Å². The highest BCUT2D eigenvalue weighted by atomic mass is 19.1. The molecule has 0 bridgehead atoms. The first kappa shape index (κ1) is 17.0. The molecule has 0 aliphatic carbocycles. The van der Waals surface area contributed by atoms with Gasteiger partial charge in [0.2, 0.25) is 0 Å². The maximum Gasteiger partial charge on any atom is 0.277 e. The van der Waals surface area contributed by atoms with Crippen LogP contribution in [0.15, 0.2) is 42.5 Å². The van der Waals surface area contributed by atoms with Crippen molar-refractivity contribution in [3.05, 3.63) is 79.6 Å². The van der Waals surface area contributed by atoms with Gasteiger partial charge < -0.3 is 4.90 Å². The van der Waals surface area contributed by atoms with Gasteiger partial charge >= 0.3 is 0 Å². The fourth-order valence-corrected chi connectivity index (χ4v) is 2.10. The smallest absolute Gasteiger partial charge is 0.277 e. The third-order valence-corrected chi connectivity index (χ3v) is 3.28. The van der Waals surface area contributed by atoms with Gasteiger partial charge in [0.25, 0.3) is 17.3 Å². The number of nitro benzene ring substituents is 2. The quantitative estimate of drug-likeness (QED) is 0.617. The minimum Gasteiger partial charge on any atom is -0.337 e. The van der Waals surface area contributed by atoms with Crippen LogP contribution >= 0.6 is 0 Å². The molecular formula is C15H12FN3O5. The summed E-state index contributed by atoms with van der Waals surface area (Å²) in [5.74, 6) is -1.19. The second-order valence-corrected chi connectivity index (χ2v) is 5.00. The number of hydrogen-bond donors (Lipinski definition) is 0. The number of benzene rings is 2. The molecule has 0 heterocycles. The molecule has 0 unspecified atom stereocenters. The minimum atomic E-state index is -0.819. The van der Waals surface area contributed by atoms with Gasteiger partial charge in [-0.1, -0.05) is 18.2 Å². The zero-order valence-electron chi connectivity index (χ0n) is 12.5. The van der Waals surface area contributed by atoms with E-state index in [1.165, 1.54) is 25.2 Å². The molecule has 0 N–H and O–H groups in total. The van der Waals surface area contributed by atoms with E-state index >= 15 is 0 Å². The monoisotopic (exact) mass is 333 g/mol. The zero-order valence-corrected chi connectivity index (χ0v) is 12.5. The Balaban J connectivity index is 2.33. The molecule has 0 saturated heterocycles. The molecule has 8 nitrogen and oxygen atoms in total. The minimum absolute atomic E-state index is 0.0814. The Hall–Kier alpha value is -3.36. The van der Waals surface area contributed by atoms with E-state index in [9.17, 15) is 29.4 Å². The molecule has 0 radical (unpaired) electrons. The van der Waals surface area contributed by atoms with Crippen LogP contribution in [0.4, 0.5) is 15.8 Å². The Kier molecular flexibility index (Phi) is 4.83. The average Bonchev–Trinajstić information content (AvgIpc) is 2.55. The molecule has 0 spiro atoms. The topological polar surface area (TPSA) is 107 Å². The van der Waals surface area contributed by atoms with Crippen molar-refractivity contribution in [3.8, 4) is 0 Å². The molecule has 2 aromatic rings. The second-order valence-electron chi connectivity index (χ2n) is 5.00. The lowest BCUT2D eigenvalue weighted by atomic mass is 10.1. The van der Waals surface area contributed by atoms with E-state index in [1.807, 2.05) is 0 Å². The predicted molar refractivity (Wildman–Crippen MR) is 81.9 cm³/mol. The van der Waals surface area contributed by atoms with Gasteiger partial charge in [0.15, 0.2) is 0 Å². The maximum atomic E-state index is 13.6. The van der Waals surface area contributed by atoms with E-state index in [1.54, 1.807) is 6.07 Å². The van der Waals surface area contributed by atoms with Gasteiger partial charge in [0, 0.05) is 31.3 Å². The Morgan fingerprint density at radius 3 is 2.12 bits per heavy atom. The molecule has 0 aromatic heterocycles. The van der Waals surface area contributed by atoms with Crippen LogP contribution in [0.3, 0.4) is 0 Å². The van der Waals surface area contributed by atoms with Gasteiger partial charge in [-0.2, -0.15) is 0 Å². The summed E-state index contributed by atoms with van der Waals surface area (Å²) >= 11 is 0. The highest BCUT2D eigenvalue weighted by molar-refractivity contribution is 5.95. The van der Waals surface area contributed by atoms with E-state index in [2.05, 4.69) is 0 Å². The van der Waals surface area contributed by atoms with E-state index < -0.39 is 32.9 Å². The summed E-state index contributed by atoms with van der Waals surface area (Å²) in [6, 6.07) is 8.52. The highest BCUT2D eigenvalue weighted by Gasteiger charge is 2.22. The van der Waals surface area contributed by atoms with Crippen LogP contribution in [0.1, 0.15) is 15.9 Å². The van der Waals surface area contributed by atoms with Crippen molar-refractivity contribution in [2.24, 2.45) is 0 Å². The fraction of sp³-hybridized carbons (Fsp3) is 0.133. The van der Waals surface area contributed by atoms with Crippen molar-refractivity contribution < 1.29 is 19.0 Å². The molecule has 124 valence electrons. The Morgan fingerprint density at radius 2 is 1.62 bits per heavy atom. The summed E-state index contributed by atoms with van der Waals surface area (Å²) < 4.78 is 13.6. The highest BCUT2D eigenvalue weighted by Crippen LogP contribution is 2.24. The molecule has 0 fully saturated rings. The van der Waals surface area contributed by atoms with E-state index in [-0.39, 0.29) is 17.7 Å². The zero-order chi connectivity index (χ0) is 17.9. The summed E-state index contributed by atoms with van der Waals surface area (Å²) in [6.45, 7) is -0.0814. The van der Waals surface area contributed by atoms with Gasteiger partial charge in [-0.25, -0.2) is 4.39 Å². The number of halogens is 1. The number of non-ortho nitro benzene ring substituents is 2. The summed E-state index contributed by atoms with van der Waals surface area (Å²) in [4.78, 5) is 33.6. The molecule has 0 atom stereocenters. The van der Waals surface area contributed by atoms with Gasteiger partial charge in [0.1, 0.15) is 5.82 Å². The lowest BCUT2D eigenvalue weighted by Gasteiger charge is -2.17. The first-order chi connectivity index (χ1) is 11.3. The third kappa shape index (κ3) is 3.69. The first-order valence-electron chi connectivity index (χ1n) is 6.72. The van der Waals surface area contributed by atoms with Gasteiger partial charge in [-0.15, -0.1) is 0 Å². The van der Waals surface area contributed by atoms with Crippen LogP contribution in [0.2, 0.25) is 0 Å². The maximum absolute atomic E-state index is 13.6. The standard InChI is InChI=1S/C15H12FN3O5/c1-17(9-10-4-2-3-5-14(10)16)15(20)11-6-12(18(21)22)8-13(7-11)19(23)24/h2-8H,9H2,1H3. The largest absolute Gasteiger partial charge is 0.337 e. The Bertz CT molecular complexity index is 792. The van der Waals surface area contributed by atoms with Gasteiger partial charge in [0.05, 0.1) is 21.5 Å². The summed E-state index contributed by atoms with van der Waals surface area (Å²) in [5, 5.41) is 21.7. The molecule has 1 amide bonds. The van der Waals surface area contributed by atoms with Crippen molar-refractivity contribution in [1.29, 1.82) is 0 Å². The van der Waals surface area contributed by atoms with Crippen LogP contribution in [0.25, 0.3) is 0 Å². The van der Waals surface area contributed by atoms with Gasteiger partial charge in [-0.3, -0.25) is 25.0 Å². The molecule has 24 heavy (non-hydrogen) atoms. The van der Waals surface area contributed by atoms with E-state index in [0.29, 0.717) is 0 Å². The second kappa shape index (κ2) is 6.82. The molecule has 9 heteroatoms. The van der Waals surface area contributed by atoms with Crippen molar-refractivity contribution in [2.45, 2.75) is 6.54 Å². The number of amides is 1. The van der Waals surface area contributed by atoms with Gasteiger partial charge in [-0.05, 0) is 6.07 Å². The third-order valence-electron chi connectivity index (χ3n) is 3.28. The number of nitro groups is 2. The van der Waals surface area contributed by atoms with Crippen LogP contribution in [-0.2, 0) is 6.54 Å². The van der Waals surface area contributed by atoms with E-state index in [4.69, 9.17) is 0 Å². The predicted octanol–water partition coefficient (Wildman–Crippen LogP) is 2.91. The molecule has 0 aliphatic heterocycles. The SMILES string of the molecule is CN(Cc1ccccc1F)C(=O)c1cc([N+](=O)[O-])cc([N+](=O)[O-])c1.